The van der Waals surface area contributed by atoms with Crippen LogP contribution >= 0.6 is 0 Å². The molecule has 2 aromatic rings. The Labute approximate surface area is 189 Å². The Bertz CT molecular complexity index is 834. The van der Waals surface area contributed by atoms with Crippen molar-refractivity contribution in [2.75, 3.05) is 25.5 Å². The number of nitrogens with zero attached hydrogens (tertiary/aromatic N) is 1. The minimum absolute atomic E-state index is 0.101. The van der Waals surface area contributed by atoms with E-state index in [1.54, 1.807) is 43.5 Å². The largest absolute Gasteiger partial charge is 0.497 e. The maximum atomic E-state index is 12.7. The van der Waals surface area contributed by atoms with Crippen LogP contribution in [0.1, 0.15) is 51.2 Å². The summed E-state index contributed by atoms with van der Waals surface area (Å²) in [6.07, 6.45) is 7.11. The number of hydrogen-bond acceptors (Lipinski definition) is 5. The number of carbonyl (C=O) groups is 3. The van der Waals surface area contributed by atoms with E-state index in [1.165, 1.54) is 11.2 Å². The van der Waals surface area contributed by atoms with Gasteiger partial charge in [-0.1, -0.05) is 32.6 Å². The average Bonchev–Trinajstić information content (AvgIpc) is 3.30. The highest BCUT2D eigenvalue weighted by Crippen LogP contribution is 2.15. The highest BCUT2D eigenvalue weighted by atomic mass is 16.5. The minimum atomic E-state index is -0.402. The zero-order chi connectivity index (χ0) is 23.2. The second-order valence-corrected chi connectivity index (χ2v) is 7.55. The molecule has 0 aliphatic rings. The fraction of sp³-hybridized carbons (Fsp3) is 0.458. The molecule has 0 atom stereocenters. The highest BCUT2D eigenvalue weighted by Gasteiger charge is 2.19. The Morgan fingerprint density at radius 1 is 1.00 bits per heavy atom. The summed E-state index contributed by atoms with van der Waals surface area (Å²) >= 11 is 0. The lowest BCUT2D eigenvalue weighted by molar-refractivity contribution is -0.137. The molecule has 1 aromatic heterocycles. The first-order valence-corrected chi connectivity index (χ1v) is 11.0. The van der Waals surface area contributed by atoms with E-state index in [2.05, 4.69) is 17.6 Å². The van der Waals surface area contributed by atoms with Gasteiger partial charge in [0.2, 0.25) is 17.7 Å². The molecule has 0 fully saturated rings. The number of hydrogen-bond donors (Lipinski definition) is 2. The summed E-state index contributed by atoms with van der Waals surface area (Å²) < 4.78 is 10.4. The molecule has 0 spiro atoms. The summed E-state index contributed by atoms with van der Waals surface area (Å²) in [5.74, 6) is 0.428. The van der Waals surface area contributed by atoms with E-state index in [-0.39, 0.29) is 31.4 Å². The normalized spacial score (nSPS) is 10.4. The standard InChI is InChI=1S/C24H33N3O5/c1-3-4-5-6-7-10-24(30)27(17-21-9-8-15-32-21)18-23(29)25-16-22(28)26-19-11-13-20(31-2)14-12-19/h8-9,11-15H,3-7,10,16-18H2,1-2H3,(H,25,29)(H,26,28). The smallest absolute Gasteiger partial charge is 0.243 e. The summed E-state index contributed by atoms with van der Waals surface area (Å²) in [5, 5.41) is 5.27. The first-order chi connectivity index (χ1) is 15.5. The number of carbonyl (C=O) groups excluding carboxylic acids is 3. The van der Waals surface area contributed by atoms with Crippen LogP contribution in [0.15, 0.2) is 47.1 Å². The molecule has 0 radical (unpaired) electrons. The van der Waals surface area contributed by atoms with Crippen LogP contribution < -0.4 is 15.4 Å². The molecule has 3 amide bonds. The topological polar surface area (TPSA) is 101 Å². The van der Waals surface area contributed by atoms with Gasteiger partial charge in [0.15, 0.2) is 0 Å². The fourth-order valence-electron chi connectivity index (χ4n) is 3.15. The summed E-state index contributed by atoms with van der Waals surface area (Å²) in [6.45, 7) is 2.04. The van der Waals surface area contributed by atoms with Crippen molar-refractivity contribution in [3.8, 4) is 5.75 Å². The van der Waals surface area contributed by atoms with Crippen molar-refractivity contribution < 1.29 is 23.5 Å². The number of ether oxygens (including phenoxy) is 1. The molecular weight excluding hydrogens is 410 g/mol. The van der Waals surface area contributed by atoms with Crippen molar-refractivity contribution in [2.45, 2.75) is 52.0 Å². The van der Waals surface area contributed by atoms with Crippen LogP contribution in [0.4, 0.5) is 5.69 Å². The summed E-state index contributed by atoms with van der Waals surface area (Å²) in [5.41, 5.74) is 0.600. The number of benzene rings is 1. The molecule has 0 unspecified atom stereocenters. The van der Waals surface area contributed by atoms with Crippen molar-refractivity contribution in [3.63, 3.8) is 0 Å². The first-order valence-electron chi connectivity index (χ1n) is 11.0. The lowest BCUT2D eigenvalue weighted by atomic mass is 10.1. The number of nitrogens with one attached hydrogen (secondary N) is 2. The molecule has 0 aliphatic heterocycles. The maximum absolute atomic E-state index is 12.7. The van der Waals surface area contributed by atoms with Crippen LogP contribution in [-0.4, -0.2) is 42.8 Å². The number of rotatable bonds is 14. The van der Waals surface area contributed by atoms with Crippen molar-refractivity contribution >= 4 is 23.4 Å². The van der Waals surface area contributed by atoms with Gasteiger partial charge < -0.3 is 24.7 Å². The maximum Gasteiger partial charge on any atom is 0.243 e. The minimum Gasteiger partial charge on any atom is -0.497 e. The van der Waals surface area contributed by atoms with Gasteiger partial charge in [0, 0.05) is 12.1 Å². The molecule has 0 saturated carbocycles. The first kappa shape index (κ1) is 25.0. The molecule has 8 nitrogen and oxygen atoms in total. The monoisotopic (exact) mass is 443 g/mol. The fourth-order valence-corrected chi connectivity index (χ4v) is 3.15. The van der Waals surface area contributed by atoms with Gasteiger partial charge in [0.05, 0.1) is 26.5 Å². The van der Waals surface area contributed by atoms with E-state index in [4.69, 9.17) is 9.15 Å². The number of methoxy groups -OCH3 is 1. The van der Waals surface area contributed by atoms with Crippen molar-refractivity contribution in [1.29, 1.82) is 0 Å². The number of amides is 3. The average molecular weight is 444 g/mol. The molecule has 0 saturated heterocycles. The van der Waals surface area contributed by atoms with E-state index in [0.717, 1.165) is 32.1 Å². The second kappa shape index (κ2) is 13.9. The molecule has 174 valence electrons. The Morgan fingerprint density at radius 2 is 1.75 bits per heavy atom. The van der Waals surface area contributed by atoms with Crippen LogP contribution in [-0.2, 0) is 20.9 Å². The van der Waals surface area contributed by atoms with Gasteiger partial charge in [0.1, 0.15) is 18.1 Å². The zero-order valence-electron chi connectivity index (χ0n) is 18.9. The quantitative estimate of drug-likeness (QED) is 0.433. The molecule has 0 aliphatic carbocycles. The van der Waals surface area contributed by atoms with Crippen molar-refractivity contribution in [2.24, 2.45) is 0 Å². The third-order valence-electron chi connectivity index (χ3n) is 4.93. The second-order valence-electron chi connectivity index (χ2n) is 7.55. The van der Waals surface area contributed by atoms with Gasteiger partial charge in [-0.05, 0) is 42.8 Å². The van der Waals surface area contributed by atoms with Gasteiger partial charge in [-0.2, -0.15) is 0 Å². The van der Waals surface area contributed by atoms with E-state index < -0.39 is 5.91 Å². The molecule has 2 rings (SSSR count). The van der Waals surface area contributed by atoms with Crippen LogP contribution in [0.2, 0.25) is 0 Å². The van der Waals surface area contributed by atoms with Crippen LogP contribution in [0, 0.1) is 0 Å². The molecule has 2 N–H and O–H groups in total. The third kappa shape index (κ3) is 9.24. The van der Waals surface area contributed by atoms with Crippen molar-refractivity contribution in [1.82, 2.24) is 10.2 Å². The van der Waals surface area contributed by atoms with E-state index in [1.807, 2.05) is 0 Å². The molecular formula is C24H33N3O5. The summed E-state index contributed by atoms with van der Waals surface area (Å²) in [4.78, 5) is 38.7. The Balaban J connectivity index is 1.82. The van der Waals surface area contributed by atoms with Crippen molar-refractivity contribution in [3.05, 3.63) is 48.4 Å². The van der Waals surface area contributed by atoms with Gasteiger partial charge >= 0.3 is 0 Å². The molecule has 1 aromatic carbocycles. The third-order valence-corrected chi connectivity index (χ3v) is 4.93. The Kier molecular flexibility index (Phi) is 10.8. The van der Waals surface area contributed by atoms with Crippen LogP contribution in [0.5, 0.6) is 5.75 Å². The SMILES string of the molecule is CCCCCCCC(=O)N(CC(=O)NCC(=O)Nc1ccc(OC)cc1)Cc1ccco1. The number of furan rings is 1. The van der Waals surface area contributed by atoms with Crippen LogP contribution in [0.25, 0.3) is 0 Å². The lowest BCUT2D eigenvalue weighted by Gasteiger charge is -2.21. The van der Waals surface area contributed by atoms with E-state index >= 15 is 0 Å². The summed E-state index contributed by atoms with van der Waals surface area (Å²) in [7, 11) is 1.56. The summed E-state index contributed by atoms with van der Waals surface area (Å²) in [6, 6.07) is 10.4. The van der Waals surface area contributed by atoms with Gasteiger partial charge in [-0.25, -0.2) is 0 Å². The van der Waals surface area contributed by atoms with Crippen LogP contribution in [0.3, 0.4) is 0 Å². The molecule has 0 bridgehead atoms. The van der Waals surface area contributed by atoms with E-state index in [0.29, 0.717) is 23.6 Å². The lowest BCUT2D eigenvalue weighted by Crippen LogP contribution is -2.42. The predicted octanol–water partition coefficient (Wildman–Crippen LogP) is 3.73. The van der Waals surface area contributed by atoms with Gasteiger partial charge in [-0.15, -0.1) is 0 Å². The highest BCUT2D eigenvalue weighted by molar-refractivity contribution is 5.95. The Hall–Kier alpha value is -3.29. The van der Waals surface area contributed by atoms with Gasteiger partial charge in [0.25, 0.3) is 0 Å². The molecule has 8 heteroatoms. The van der Waals surface area contributed by atoms with Gasteiger partial charge in [-0.3, -0.25) is 14.4 Å². The Morgan fingerprint density at radius 3 is 2.41 bits per heavy atom. The number of anilines is 1. The molecule has 32 heavy (non-hydrogen) atoms. The molecule has 1 heterocycles. The zero-order valence-corrected chi connectivity index (χ0v) is 18.9. The van der Waals surface area contributed by atoms with E-state index in [9.17, 15) is 14.4 Å². The predicted molar refractivity (Wildman–Crippen MR) is 122 cm³/mol. The number of unbranched alkanes of at least 4 members (excludes halogenated alkanes) is 4.